The van der Waals surface area contributed by atoms with Crippen molar-refractivity contribution in [3.8, 4) is 33.6 Å². The third-order valence-corrected chi connectivity index (χ3v) is 21.4. The van der Waals surface area contributed by atoms with E-state index in [2.05, 4.69) is 312 Å². The Morgan fingerprint density at radius 2 is 0.711 bits per heavy atom. The molecule has 2 aromatic heterocycles. The zero-order chi connectivity index (χ0) is 50.2. The Hall–Kier alpha value is -9.54. The third-order valence-electron chi connectivity index (χ3n) is 16.6. The lowest BCUT2D eigenvalue weighted by atomic mass is 9.67. The average molecular weight is 983 g/mol. The zero-order valence-electron chi connectivity index (χ0n) is 41.8. The van der Waals surface area contributed by atoms with Gasteiger partial charge in [-0.05, 0) is 114 Å². The van der Waals surface area contributed by atoms with E-state index < -0.39 is 13.5 Å². The van der Waals surface area contributed by atoms with Crippen LogP contribution in [0.5, 0.6) is 0 Å². The Labute approximate surface area is 443 Å². The highest BCUT2D eigenvalue weighted by molar-refractivity contribution is 7.19. The Morgan fingerprint density at radius 1 is 0.263 bits per heavy atom. The van der Waals surface area contributed by atoms with Gasteiger partial charge >= 0.3 is 0 Å². The van der Waals surface area contributed by atoms with E-state index in [9.17, 15) is 0 Å². The molecule has 0 unspecified atom stereocenters. The van der Waals surface area contributed by atoms with Crippen molar-refractivity contribution in [2.45, 2.75) is 5.41 Å². The van der Waals surface area contributed by atoms with Gasteiger partial charge in [0.25, 0.3) is 0 Å². The van der Waals surface area contributed by atoms with Crippen LogP contribution in [0.4, 0.5) is 0 Å². The van der Waals surface area contributed by atoms with Crippen LogP contribution in [0.3, 0.4) is 0 Å². The molecule has 0 bridgehead atoms. The van der Waals surface area contributed by atoms with E-state index in [1.165, 1.54) is 109 Å². The summed E-state index contributed by atoms with van der Waals surface area (Å²) in [4.78, 5) is 0. The van der Waals surface area contributed by atoms with Gasteiger partial charge in [0.05, 0.1) is 27.5 Å². The quantitative estimate of drug-likeness (QED) is 0.101. The summed E-state index contributed by atoms with van der Waals surface area (Å²) in [5.41, 5.74) is 16.6. The number of nitrogens with zero attached hydrogens (tertiary/aromatic N) is 2. The number of fused-ring (bicyclic) bond motifs is 9. The van der Waals surface area contributed by atoms with Gasteiger partial charge in [-0.2, -0.15) is 0 Å². The average Bonchev–Trinajstić information content (AvgIpc) is 4.31. The largest absolute Gasteiger partial charge is 0.309 e. The highest BCUT2D eigenvalue weighted by Gasteiger charge is 2.46. The van der Waals surface area contributed by atoms with E-state index >= 15 is 0 Å². The summed E-state index contributed by atoms with van der Waals surface area (Å²) in [6.45, 7) is 0. The monoisotopic (exact) mass is 982 g/mol. The lowest BCUT2D eigenvalue weighted by Crippen LogP contribution is -2.74. The topological polar surface area (TPSA) is 9.86 Å². The molecule has 0 radical (unpaired) electrons. The number of benzene rings is 12. The Bertz CT molecular complexity index is 4350. The van der Waals surface area contributed by atoms with E-state index in [1.54, 1.807) is 0 Å². The van der Waals surface area contributed by atoms with Crippen molar-refractivity contribution in [3.63, 3.8) is 0 Å². The van der Waals surface area contributed by atoms with Crippen LogP contribution in [0, 0.1) is 0 Å². The lowest BCUT2D eigenvalue weighted by Gasteiger charge is -2.34. The smallest absolute Gasteiger partial charge is 0.179 e. The van der Waals surface area contributed by atoms with Crippen LogP contribution in [0.25, 0.3) is 77.2 Å². The van der Waals surface area contributed by atoms with Crippen molar-refractivity contribution < 1.29 is 0 Å². The predicted molar refractivity (Wildman–Crippen MR) is 321 cm³/mol. The lowest BCUT2D eigenvalue weighted by molar-refractivity contribution is 0.769. The molecular formula is C73H50N2Si. The Morgan fingerprint density at radius 3 is 1.34 bits per heavy atom. The molecule has 0 aliphatic heterocycles. The summed E-state index contributed by atoms with van der Waals surface area (Å²) in [5.74, 6) is 0. The minimum atomic E-state index is -2.71. The van der Waals surface area contributed by atoms with Crippen molar-refractivity contribution >= 4 is 72.4 Å². The molecule has 2 nitrogen and oxygen atoms in total. The van der Waals surface area contributed by atoms with Crippen molar-refractivity contribution in [1.82, 2.24) is 9.13 Å². The molecule has 3 heteroatoms. The van der Waals surface area contributed by atoms with E-state index in [0.29, 0.717) is 0 Å². The van der Waals surface area contributed by atoms with Gasteiger partial charge in [0.1, 0.15) is 0 Å². The van der Waals surface area contributed by atoms with Gasteiger partial charge in [0, 0.05) is 32.9 Å². The molecule has 12 aromatic carbocycles. The molecule has 15 rings (SSSR count). The first-order chi connectivity index (χ1) is 37.7. The second kappa shape index (κ2) is 17.6. The molecule has 0 amide bonds. The number of hydrogen-bond donors (Lipinski definition) is 0. The maximum absolute atomic E-state index is 2.71. The van der Waals surface area contributed by atoms with Crippen LogP contribution in [0.15, 0.2) is 303 Å². The summed E-state index contributed by atoms with van der Waals surface area (Å²) in [7, 11) is -2.71. The summed E-state index contributed by atoms with van der Waals surface area (Å²) >= 11 is 0. The van der Waals surface area contributed by atoms with Crippen molar-refractivity contribution in [1.29, 1.82) is 0 Å². The molecule has 1 aliphatic rings. The SMILES string of the molecule is c1ccc(C2(c3ccccc3)c3ccccc3-c3ccc(-c4cccc5c4c4ccccc4n5-c4ccc5c6ccccc6n(-c6ccc([Si](c7ccccc7)(c7ccccc7)c7ccccc7)cc6)c5c4)cc32)cc1. The highest BCUT2D eigenvalue weighted by Crippen LogP contribution is 2.57. The first-order valence-corrected chi connectivity index (χ1v) is 28.4. The molecule has 2 heterocycles. The van der Waals surface area contributed by atoms with Gasteiger partial charge in [0.2, 0.25) is 0 Å². The molecular weight excluding hydrogens is 933 g/mol. The second-order valence-electron chi connectivity index (χ2n) is 20.3. The number of aromatic nitrogens is 2. The molecule has 0 saturated heterocycles. The predicted octanol–water partition coefficient (Wildman–Crippen LogP) is 15.3. The number of rotatable bonds is 9. The minimum absolute atomic E-state index is 0.489. The molecule has 0 atom stereocenters. The van der Waals surface area contributed by atoms with Crippen LogP contribution in [-0.4, -0.2) is 17.2 Å². The molecule has 0 N–H and O–H groups in total. The first kappa shape index (κ1) is 44.0. The molecule has 0 saturated carbocycles. The summed E-state index contributed by atoms with van der Waals surface area (Å²) in [6, 6.07) is 113. The van der Waals surface area contributed by atoms with E-state index in [4.69, 9.17) is 0 Å². The van der Waals surface area contributed by atoms with Crippen molar-refractivity contribution in [2.24, 2.45) is 0 Å². The van der Waals surface area contributed by atoms with E-state index in [0.717, 1.165) is 11.4 Å². The number of para-hydroxylation sites is 2. The van der Waals surface area contributed by atoms with Gasteiger partial charge in [-0.1, -0.05) is 255 Å². The molecule has 1 aliphatic carbocycles. The highest BCUT2D eigenvalue weighted by atomic mass is 28.3. The molecule has 14 aromatic rings. The van der Waals surface area contributed by atoms with Crippen molar-refractivity contribution in [2.75, 3.05) is 0 Å². The fourth-order valence-electron chi connectivity index (χ4n) is 13.5. The first-order valence-electron chi connectivity index (χ1n) is 26.4. The third kappa shape index (κ3) is 6.40. The van der Waals surface area contributed by atoms with E-state index in [-0.39, 0.29) is 0 Å². The second-order valence-corrected chi connectivity index (χ2v) is 24.1. The fraction of sp³-hybridized carbons (Fsp3) is 0.0137. The van der Waals surface area contributed by atoms with Gasteiger partial charge < -0.3 is 9.13 Å². The van der Waals surface area contributed by atoms with Gasteiger partial charge in [-0.15, -0.1) is 0 Å². The fourth-order valence-corrected chi connectivity index (χ4v) is 18.2. The van der Waals surface area contributed by atoms with Crippen LogP contribution < -0.4 is 20.7 Å². The van der Waals surface area contributed by atoms with Crippen LogP contribution in [0.1, 0.15) is 22.3 Å². The number of hydrogen-bond acceptors (Lipinski definition) is 0. The normalized spacial score (nSPS) is 12.8. The molecule has 0 fully saturated rings. The Kier molecular flexibility index (Phi) is 10.2. The summed E-state index contributed by atoms with van der Waals surface area (Å²) in [5, 5.41) is 10.4. The summed E-state index contributed by atoms with van der Waals surface area (Å²) in [6.07, 6.45) is 0. The standard InChI is InChI=1S/C73H50N2Si/c1-6-23-52(24-7-1)73(53-25-8-2-9-26-53)66-37-19-16-33-61(66)62-47-41-51(49-67(62)73)60-36-22-40-70-72(60)65-35-18-21-39-69(65)75(70)55-44-48-64-63-34-17-20-38-68(63)74(71(64)50-55)54-42-45-59(46-43-54)76(56-27-10-3-11-28-56,57-29-12-4-13-30-57)58-31-14-5-15-32-58/h1-50H. The molecule has 0 spiro atoms. The van der Waals surface area contributed by atoms with Crippen LogP contribution in [-0.2, 0) is 5.41 Å². The minimum Gasteiger partial charge on any atom is -0.309 e. The zero-order valence-corrected chi connectivity index (χ0v) is 42.8. The molecule has 76 heavy (non-hydrogen) atoms. The van der Waals surface area contributed by atoms with Crippen LogP contribution >= 0.6 is 0 Å². The van der Waals surface area contributed by atoms with Crippen LogP contribution in [0.2, 0.25) is 0 Å². The van der Waals surface area contributed by atoms with Crippen molar-refractivity contribution in [3.05, 3.63) is 326 Å². The van der Waals surface area contributed by atoms with Gasteiger partial charge in [-0.25, -0.2) is 0 Å². The van der Waals surface area contributed by atoms with Gasteiger partial charge in [-0.3, -0.25) is 0 Å². The van der Waals surface area contributed by atoms with Gasteiger partial charge in [0.15, 0.2) is 8.07 Å². The maximum Gasteiger partial charge on any atom is 0.179 e. The Balaban J connectivity index is 0.914. The maximum atomic E-state index is 2.50. The summed E-state index contributed by atoms with van der Waals surface area (Å²) < 4.78 is 4.96. The molecule has 356 valence electrons. The van der Waals surface area contributed by atoms with E-state index in [1.807, 2.05) is 0 Å².